The van der Waals surface area contributed by atoms with Crippen LogP contribution in [0.25, 0.3) is 0 Å². The zero-order chi connectivity index (χ0) is 21.5. The van der Waals surface area contributed by atoms with Crippen molar-refractivity contribution < 1.29 is 23.4 Å². The van der Waals surface area contributed by atoms with Crippen LogP contribution in [0.5, 0.6) is 5.75 Å². The van der Waals surface area contributed by atoms with Crippen LogP contribution in [0.4, 0.5) is 0 Å². The van der Waals surface area contributed by atoms with Crippen LogP contribution < -0.4 is 9.61 Å². The van der Waals surface area contributed by atoms with E-state index in [1.54, 1.807) is 6.92 Å². The highest BCUT2D eigenvalue weighted by Crippen LogP contribution is 2.48. The lowest BCUT2D eigenvalue weighted by Gasteiger charge is -2.29. The molecule has 160 valence electrons. The Morgan fingerprint density at radius 3 is 2.00 bits per heavy atom. The number of carbonyl (C=O) groups excluding carboxylic acids is 1. The lowest BCUT2D eigenvalue weighted by atomic mass is 9.94. The summed E-state index contributed by atoms with van der Waals surface area (Å²) in [6.07, 6.45) is -0.153. The zero-order valence-corrected chi connectivity index (χ0v) is 19.3. The summed E-state index contributed by atoms with van der Waals surface area (Å²) < 4.78 is 30.2. The summed E-state index contributed by atoms with van der Waals surface area (Å²) in [5.74, 6) is 0.412. The van der Waals surface area contributed by atoms with Gasteiger partial charge in [0, 0.05) is 7.11 Å². The SMILES string of the molecule is CCOC(=O)[C@@H](NP(=O)(COC)Oc1c(C(C)C)cccc1C(C)C)C(C)C. The molecule has 0 heterocycles. The monoisotopic (exact) mass is 413 g/mol. The van der Waals surface area contributed by atoms with Crippen molar-refractivity contribution in [2.45, 2.75) is 66.3 Å². The van der Waals surface area contributed by atoms with Crippen LogP contribution in [0, 0.1) is 5.92 Å². The van der Waals surface area contributed by atoms with Crippen molar-refractivity contribution in [1.29, 1.82) is 0 Å². The Labute approximate surface area is 169 Å². The molecule has 28 heavy (non-hydrogen) atoms. The first kappa shape index (κ1) is 24.7. The van der Waals surface area contributed by atoms with E-state index in [1.165, 1.54) is 7.11 Å². The molecule has 0 bridgehead atoms. The van der Waals surface area contributed by atoms with Gasteiger partial charge in [-0.25, -0.2) is 5.09 Å². The molecule has 1 unspecified atom stereocenters. The molecule has 0 amide bonds. The van der Waals surface area contributed by atoms with Crippen LogP contribution in [-0.4, -0.2) is 32.1 Å². The maximum atomic E-state index is 13.7. The molecule has 0 aromatic heterocycles. The van der Waals surface area contributed by atoms with Crippen LogP contribution in [0.3, 0.4) is 0 Å². The van der Waals surface area contributed by atoms with E-state index in [4.69, 9.17) is 14.0 Å². The third-order valence-electron chi connectivity index (χ3n) is 4.40. The second-order valence-corrected chi connectivity index (χ2v) is 9.91. The molecule has 0 spiro atoms. The van der Waals surface area contributed by atoms with E-state index in [0.29, 0.717) is 5.75 Å². The summed E-state index contributed by atoms with van der Waals surface area (Å²) >= 11 is 0. The van der Waals surface area contributed by atoms with Gasteiger partial charge in [-0.2, -0.15) is 0 Å². The normalized spacial score (nSPS) is 15.0. The largest absolute Gasteiger partial charge is 0.465 e. The van der Waals surface area contributed by atoms with Gasteiger partial charge in [-0.15, -0.1) is 0 Å². The second-order valence-electron chi connectivity index (χ2n) is 7.86. The Kier molecular flexibility index (Phi) is 9.68. The Morgan fingerprint density at radius 2 is 1.61 bits per heavy atom. The average molecular weight is 413 g/mol. The lowest BCUT2D eigenvalue weighted by Crippen LogP contribution is -2.42. The molecule has 0 aliphatic carbocycles. The third kappa shape index (κ3) is 6.61. The van der Waals surface area contributed by atoms with Gasteiger partial charge < -0.3 is 14.0 Å². The predicted molar refractivity (Wildman–Crippen MR) is 113 cm³/mol. The molecule has 0 radical (unpaired) electrons. The van der Waals surface area contributed by atoms with Crippen molar-refractivity contribution in [3.8, 4) is 5.75 Å². The molecule has 0 aliphatic rings. The maximum absolute atomic E-state index is 13.7. The van der Waals surface area contributed by atoms with E-state index in [0.717, 1.165) is 11.1 Å². The van der Waals surface area contributed by atoms with E-state index >= 15 is 0 Å². The summed E-state index contributed by atoms with van der Waals surface area (Å²) in [5, 5.41) is 2.93. The summed E-state index contributed by atoms with van der Waals surface area (Å²) in [7, 11) is -2.07. The molecular weight excluding hydrogens is 377 g/mol. The minimum absolute atomic E-state index is 0.127. The van der Waals surface area contributed by atoms with Crippen LogP contribution in [0.15, 0.2) is 18.2 Å². The molecule has 1 rings (SSSR count). The minimum Gasteiger partial charge on any atom is -0.465 e. The third-order valence-corrected chi connectivity index (χ3v) is 6.15. The number of nitrogens with one attached hydrogen (secondary N) is 1. The van der Waals surface area contributed by atoms with Crippen molar-refractivity contribution in [3.63, 3.8) is 0 Å². The summed E-state index contributed by atoms with van der Waals surface area (Å²) in [6.45, 7) is 14.0. The molecular formula is C21H36NO5P. The minimum atomic E-state index is -3.54. The first-order valence-corrected chi connectivity index (χ1v) is 11.7. The zero-order valence-electron chi connectivity index (χ0n) is 18.4. The van der Waals surface area contributed by atoms with E-state index < -0.39 is 19.5 Å². The lowest BCUT2D eigenvalue weighted by molar-refractivity contribution is -0.146. The van der Waals surface area contributed by atoms with Crippen molar-refractivity contribution in [2.75, 3.05) is 20.1 Å². The van der Waals surface area contributed by atoms with E-state index in [1.807, 2.05) is 32.0 Å². The highest BCUT2D eigenvalue weighted by molar-refractivity contribution is 7.57. The molecule has 1 aromatic carbocycles. The van der Waals surface area contributed by atoms with Gasteiger partial charge in [-0.05, 0) is 35.8 Å². The van der Waals surface area contributed by atoms with Gasteiger partial charge >= 0.3 is 13.5 Å². The molecule has 1 N–H and O–H groups in total. The summed E-state index contributed by atoms with van der Waals surface area (Å²) in [6, 6.07) is 5.19. The fourth-order valence-electron chi connectivity index (χ4n) is 2.91. The Hall–Kier alpha value is -1.36. The number of para-hydroxylation sites is 1. The number of rotatable bonds is 11. The van der Waals surface area contributed by atoms with Gasteiger partial charge in [0.15, 0.2) is 0 Å². The highest BCUT2D eigenvalue weighted by atomic mass is 31.2. The highest BCUT2D eigenvalue weighted by Gasteiger charge is 2.36. The fraction of sp³-hybridized carbons (Fsp3) is 0.667. The quantitative estimate of drug-likeness (QED) is 0.393. The molecule has 0 fully saturated rings. The molecule has 2 atom stereocenters. The maximum Gasteiger partial charge on any atom is 0.342 e. The number of hydrogen-bond acceptors (Lipinski definition) is 5. The molecule has 6 nitrogen and oxygen atoms in total. The van der Waals surface area contributed by atoms with Gasteiger partial charge in [0.2, 0.25) is 0 Å². The summed E-state index contributed by atoms with van der Waals surface area (Å²) in [4.78, 5) is 12.4. The van der Waals surface area contributed by atoms with Crippen molar-refractivity contribution >= 4 is 13.5 Å². The average Bonchev–Trinajstić information content (AvgIpc) is 2.59. The molecule has 1 aromatic rings. The van der Waals surface area contributed by atoms with Crippen LogP contribution in [0.2, 0.25) is 0 Å². The molecule has 0 saturated heterocycles. The number of esters is 1. The van der Waals surface area contributed by atoms with E-state index in [9.17, 15) is 9.36 Å². The van der Waals surface area contributed by atoms with E-state index in [2.05, 4.69) is 32.8 Å². The molecule has 7 heteroatoms. The van der Waals surface area contributed by atoms with Crippen LogP contribution in [-0.2, 0) is 18.8 Å². The first-order valence-electron chi connectivity index (χ1n) is 9.91. The number of benzene rings is 1. The number of carbonyl (C=O) groups is 1. The Bertz CT molecular complexity index is 661. The Balaban J connectivity index is 3.35. The predicted octanol–water partition coefficient (Wildman–Crippen LogP) is 5.29. The number of hydrogen-bond donors (Lipinski definition) is 1. The van der Waals surface area contributed by atoms with E-state index in [-0.39, 0.29) is 30.7 Å². The van der Waals surface area contributed by atoms with Gasteiger partial charge in [0.25, 0.3) is 0 Å². The fourth-order valence-corrected chi connectivity index (χ4v) is 4.77. The van der Waals surface area contributed by atoms with Crippen molar-refractivity contribution in [1.82, 2.24) is 5.09 Å². The van der Waals surface area contributed by atoms with Crippen molar-refractivity contribution in [2.24, 2.45) is 5.92 Å². The van der Waals surface area contributed by atoms with Gasteiger partial charge in [-0.1, -0.05) is 59.7 Å². The van der Waals surface area contributed by atoms with Crippen LogP contribution in [0.1, 0.15) is 71.4 Å². The van der Waals surface area contributed by atoms with Crippen LogP contribution >= 0.6 is 7.52 Å². The topological polar surface area (TPSA) is 73.9 Å². The van der Waals surface area contributed by atoms with Crippen molar-refractivity contribution in [3.05, 3.63) is 29.3 Å². The molecule has 0 saturated carbocycles. The Morgan fingerprint density at radius 1 is 1.07 bits per heavy atom. The van der Waals surface area contributed by atoms with Gasteiger partial charge in [0.05, 0.1) is 6.61 Å². The standard InChI is InChI=1S/C21H36NO5P/c1-9-26-21(23)19(16(6)7)22-28(24,13-25-8)27-20-17(14(2)3)11-10-12-18(20)15(4)5/h10-12,14-16,19H,9,13H2,1-8H3,(H,22,24)/t19-,28?/m0/s1. The number of ether oxygens (including phenoxy) is 2. The van der Waals surface area contributed by atoms with Gasteiger partial charge in [0.1, 0.15) is 18.1 Å². The first-order chi connectivity index (χ1) is 13.1. The number of methoxy groups -OCH3 is 1. The second kappa shape index (κ2) is 11.0. The summed E-state index contributed by atoms with van der Waals surface area (Å²) in [5.41, 5.74) is 1.95. The smallest absolute Gasteiger partial charge is 0.342 e. The van der Waals surface area contributed by atoms with Gasteiger partial charge in [-0.3, -0.25) is 9.36 Å². The molecule has 0 aliphatic heterocycles.